The Kier molecular flexibility index (Phi) is 6.97. The maximum Gasteiger partial charge on any atom is 0.276 e. The smallest absolute Gasteiger partial charge is 0.276 e. The summed E-state index contributed by atoms with van der Waals surface area (Å²) in [7, 11) is 0. The fourth-order valence-electron chi connectivity index (χ4n) is 3.27. The molecule has 2 fully saturated rings. The minimum atomic E-state index is 0. The van der Waals surface area contributed by atoms with Crippen molar-refractivity contribution in [2.45, 2.75) is 26.2 Å². The first-order valence-corrected chi connectivity index (χ1v) is 7.22. The second-order valence-corrected chi connectivity index (χ2v) is 5.53. The van der Waals surface area contributed by atoms with Crippen LogP contribution in [0, 0.1) is 11.8 Å². The van der Waals surface area contributed by atoms with Gasteiger partial charge in [0.2, 0.25) is 0 Å². The number of likely N-dealkylation sites (tertiary alicyclic amines) is 1. The van der Waals surface area contributed by atoms with E-state index in [-0.39, 0.29) is 30.7 Å². The maximum absolute atomic E-state index is 12.5. The van der Waals surface area contributed by atoms with Crippen LogP contribution in [0.15, 0.2) is 10.8 Å². The molecule has 1 amide bonds. The Balaban J connectivity index is 0.00000110. The van der Waals surface area contributed by atoms with Crippen LogP contribution in [0.1, 0.15) is 36.0 Å². The number of nitrogens with one attached hydrogen (secondary N) is 1. The summed E-state index contributed by atoms with van der Waals surface area (Å²) in [6, 6.07) is 0. The van der Waals surface area contributed by atoms with E-state index < -0.39 is 0 Å². The number of halogens is 2. The van der Waals surface area contributed by atoms with Crippen LogP contribution in [0.4, 0.5) is 0 Å². The zero-order valence-electron chi connectivity index (χ0n) is 12.2. The predicted molar refractivity (Wildman–Crippen MR) is 85.4 cm³/mol. The van der Waals surface area contributed by atoms with Crippen molar-refractivity contribution >= 4 is 30.7 Å². The Morgan fingerprint density at radius 2 is 1.95 bits per heavy atom. The molecule has 1 N–H and O–H groups in total. The molecule has 3 heterocycles. The Labute approximate surface area is 137 Å². The van der Waals surface area contributed by atoms with E-state index >= 15 is 0 Å². The lowest BCUT2D eigenvalue weighted by atomic mass is 9.92. The summed E-state index contributed by atoms with van der Waals surface area (Å²) in [5.74, 6) is 2.22. The van der Waals surface area contributed by atoms with Gasteiger partial charge in [0, 0.05) is 19.5 Å². The highest BCUT2D eigenvalue weighted by Gasteiger charge is 2.32. The molecule has 0 saturated carbocycles. The van der Waals surface area contributed by atoms with E-state index in [1.807, 2.05) is 11.8 Å². The van der Waals surface area contributed by atoms with Crippen molar-refractivity contribution in [1.82, 2.24) is 15.2 Å². The lowest BCUT2D eigenvalue weighted by Gasteiger charge is -2.20. The molecule has 2 aliphatic rings. The molecule has 3 rings (SSSR count). The normalized spacial score (nSPS) is 24.5. The minimum absolute atomic E-state index is 0. The van der Waals surface area contributed by atoms with E-state index in [2.05, 4.69) is 10.3 Å². The van der Waals surface area contributed by atoms with Gasteiger partial charge in [-0.15, -0.1) is 24.8 Å². The van der Waals surface area contributed by atoms with E-state index in [9.17, 15) is 4.79 Å². The number of amides is 1. The topological polar surface area (TPSA) is 58.4 Å². The molecule has 2 saturated heterocycles. The number of aryl methyl sites for hydroxylation is 1. The fourth-order valence-corrected chi connectivity index (χ4v) is 3.27. The Morgan fingerprint density at radius 1 is 1.33 bits per heavy atom. The molecular weight excluding hydrogens is 313 g/mol. The number of oxazole rings is 1. The molecule has 0 aliphatic carbocycles. The average molecular weight is 336 g/mol. The zero-order chi connectivity index (χ0) is 13.2. The monoisotopic (exact) mass is 335 g/mol. The standard InChI is InChI=1S/C14H21N3O2.2ClH/c1-2-12-13(16-9-19-12)14(18)17-5-3-10-7-15-8-11(10)4-6-17;;/h9-11,15H,2-8H2,1H3;2*1H/t10-,11+;;. The van der Waals surface area contributed by atoms with Gasteiger partial charge >= 0.3 is 0 Å². The fraction of sp³-hybridized carbons (Fsp3) is 0.714. The molecule has 0 spiro atoms. The summed E-state index contributed by atoms with van der Waals surface area (Å²) < 4.78 is 5.26. The second-order valence-electron chi connectivity index (χ2n) is 5.53. The largest absolute Gasteiger partial charge is 0.448 e. The average Bonchev–Trinajstić information content (AvgIpc) is 3.03. The number of carbonyl (C=O) groups excluding carboxylic acids is 1. The van der Waals surface area contributed by atoms with Crippen LogP contribution in [0.5, 0.6) is 0 Å². The molecule has 0 unspecified atom stereocenters. The number of hydrogen-bond donors (Lipinski definition) is 1. The van der Waals surface area contributed by atoms with Crippen molar-refractivity contribution in [3.63, 3.8) is 0 Å². The van der Waals surface area contributed by atoms with E-state index in [0.29, 0.717) is 17.9 Å². The lowest BCUT2D eigenvalue weighted by molar-refractivity contribution is 0.0751. The van der Waals surface area contributed by atoms with E-state index in [4.69, 9.17) is 4.42 Å². The van der Waals surface area contributed by atoms with Gasteiger partial charge in [0.15, 0.2) is 12.1 Å². The van der Waals surface area contributed by atoms with E-state index in [0.717, 1.165) is 50.9 Å². The third kappa shape index (κ3) is 3.71. The van der Waals surface area contributed by atoms with Crippen LogP contribution < -0.4 is 5.32 Å². The SMILES string of the molecule is CCc1ocnc1C(=O)N1CC[C@@H]2CNC[C@@H]2CC1.Cl.Cl. The molecule has 1 aromatic rings. The van der Waals surface area contributed by atoms with Crippen molar-refractivity contribution in [3.8, 4) is 0 Å². The van der Waals surface area contributed by atoms with Crippen molar-refractivity contribution in [2.75, 3.05) is 26.2 Å². The first kappa shape index (κ1) is 18.3. The number of fused-ring (bicyclic) bond motifs is 1. The molecule has 120 valence electrons. The molecule has 7 heteroatoms. The summed E-state index contributed by atoms with van der Waals surface area (Å²) in [4.78, 5) is 18.5. The van der Waals surface area contributed by atoms with Gasteiger partial charge in [-0.05, 0) is 37.8 Å². The van der Waals surface area contributed by atoms with Crippen molar-refractivity contribution in [1.29, 1.82) is 0 Å². The number of aromatic nitrogens is 1. The highest BCUT2D eigenvalue weighted by molar-refractivity contribution is 5.93. The highest BCUT2D eigenvalue weighted by atomic mass is 35.5. The van der Waals surface area contributed by atoms with Crippen molar-refractivity contribution in [2.24, 2.45) is 11.8 Å². The maximum atomic E-state index is 12.5. The second kappa shape index (κ2) is 8.01. The van der Waals surface area contributed by atoms with Crippen LogP contribution in [-0.4, -0.2) is 42.0 Å². The lowest BCUT2D eigenvalue weighted by Crippen LogP contribution is -2.33. The summed E-state index contributed by atoms with van der Waals surface area (Å²) in [6.45, 7) is 5.89. The third-order valence-electron chi connectivity index (χ3n) is 4.47. The Hall–Kier alpha value is -0.780. The van der Waals surface area contributed by atoms with Crippen LogP contribution in [0.3, 0.4) is 0 Å². The van der Waals surface area contributed by atoms with Crippen molar-refractivity contribution < 1.29 is 9.21 Å². The summed E-state index contributed by atoms with van der Waals surface area (Å²) in [6.07, 6.45) is 4.29. The molecule has 1 aromatic heterocycles. The number of nitrogens with zero attached hydrogens (tertiary/aromatic N) is 2. The number of carbonyl (C=O) groups is 1. The van der Waals surface area contributed by atoms with Gasteiger partial charge in [-0.2, -0.15) is 0 Å². The molecular formula is C14H23Cl2N3O2. The molecule has 0 bridgehead atoms. The van der Waals surface area contributed by atoms with E-state index in [1.54, 1.807) is 0 Å². The third-order valence-corrected chi connectivity index (χ3v) is 4.47. The van der Waals surface area contributed by atoms with Crippen LogP contribution in [0.2, 0.25) is 0 Å². The van der Waals surface area contributed by atoms with Gasteiger partial charge in [-0.25, -0.2) is 4.98 Å². The summed E-state index contributed by atoms with van der Waals surface area (Å²) in [5.41, 5.74) is 0.507. The first-order chi connectivity index (χ1) is 9.29. The van der Waals surface area contributed by atoms with Gasteiger partial charge in [0.25, 0.3) is 5.91 Å². The van der Waals surface area contributed by atoms with Gasteiger partial charge in [-0.3, -0.25) is 4.79 Å². The van der Waals surface area contributed by atoms with Gasteiger partial charge in [0.1, 0.15) is 5.76 Å². The van der Waals surface area contributed by atoms with E-state index in [1.165, 1.54) is 6.39 Å². The Morgan fingerprint density at radius 3 is 2.52 bits per heavy atom. The summed E-state index contributed by atoms with van der Waals surface area (Å²) >= 11 is 0. The predicted octanol–water partition coefficient (Wildman–Crippen LogP) is 2.15. The molecule has 2 aliphatic heterocycles. The van der Waals surface area contributed by atoms with Crippen molar-refractivity contribution in [3.05, 3.63) is 17.8 Å². The quantitative estimate of drug-likeness (QED) is 0.899. The molecule has 0 aromatic carbocycles. The minimum Gasteiger partial charge on any atom is -0.448 e. The van der Waals surface area contributed by atoms with Gasteiger partial charge < -0.3 is 14.6 Å². The van der Waals surface area contributed by atoms with Gasteiger partial charge in [-0.1, -0.05) is 6.92 Å². The van der Waals surface area contributed by atoms with Crippen LogP contribution in [0.25, 0.3) is 0 Å². The molecule has 0 radical (unpaired) electrons. The zero-order valence-corrected chi connectivity index (χ0v) is 13.8. The van der Waals surface area contributed by atoms with Crippen LogP contribution in [-0.2, 0) is 6.42 Å². The van der Waals surface area contributed by atoms with Crippen LogP contribution >= 0.6 is 24.8 Å². The molecule has 5 nitrogen and oxygen atoms in total. The number of hydrogen-bond acceptors (Lipinski definition) is 4. The highest BCUT2D eigenvalue weighted by Crippen LogP contribution is 2.27. The summed E-state index contributed by atoms with van der Waals surface area (Å²) in [5, 5.41) is 3.45. The molecule has 21 heavy (non-hydrogen) atoms. The first-order valence-electron chi connectivity index (χ1n) is 7.22. The molecule has 2 atom stereocenters. The van der Waals surface area contributed by atoms with Gasteiger partial charge in [0.05, 0.1) is 0 Å². The number of rotatable bonds is 2. The Bertz CT molecular complexity index is 453.